The number of hydrogen-bond acceptors (Lipinski definition) is 6. The van der Waals surface area contributed by atoms with Crippen LogP contribution in [0.25, 0.3) is 11.0 Å². The molecule has 29 heavy (non-hydrogen) atoms. The zero-order valence-corrected chi connectivity index (χ0v) is 17.3. The minimum absolute atomic E-state index is 0.114. The van der Waals surface area contributed by atoms with E-state index in [0.29, 0.717) is 11.9 Å². The van der Waals surface area contributed by atoms with E-state index < -0.39 is 10.0 Å². The maximum absolute atomic E-state index is 13.1. The van der Waals surface area contributed by atoms with Gasteiger partial charge in [-0.05, 0) is 56.1 Å². The van der Waals surface area contributed by atoms with Crippen LogP contribution in [0.5, 0.6) is 0 Å². The molecule has 3 aromatic rings. The van der Waals surface area contributed by atoms with Crippen LogP contribution in [0.15, 0.2) is 41.4 Å². The third-order valence-corrected chi connectivity index (χ3v) is 6.82. The third-order valence-electron chi connectivity index (χ3n) is 4.97. The van der Waals surface area contributed by atoms with Gasteiger partial charge >= 0.3 is 0 Å². The number of piperidine rings is 1. The first kappa shape index (κ1) is 19.8. The zero-order valence-electron chi connectivity index (χ0n) is 15.7. The van der Waals surface area contributed by atoms with Crippen molar-refractivity contribution in [1.82, 2.24) is 19.3 Å². The van der Waals surface area contributed by atoms with E-state index in [2.05, 4.69) is 20.6 Å². The highest BCUT2D eigenvalue weighted by atomic mass is 35.5. The standard InChI is InChI=1S/C19H20ClN5O3S/c1-12-4-6-14(7-5-12)29(27,28)25-10-8-15-16(23-19(20)24-17(15)25)22-18(26)13-3-2-9-21-11-13/h4-8,10,13,21H,2-3,9,11H2,1H3,(H,22,23,24,26). The van der Waals surface area contributed by atoms with Gasteiger partial charge in [0.25, 0.3) is 10.0 Å². The van der Waals surface area contributed by atoms with Crippen molar-refractivity contribution in [2.45, 2.75) is 24.7 Å². The van der Waals surface area contributed by atoms with E-state index in [1.807, 2.05) is 6.92 Å². The lowest BCUT2D eigenvalue weighted by atomic mass is 9.99. The minimum atomic E-state index is -3.88. The number of aryl methyl sites for hydroxylation is 1. The molecule has 1 aliphatic rings. The summed E-state index contributed by atoms with van der Waals surface area (Å²) in [6.07, 6.45) is 3.09. The summed E-state index contributed by atoms with van der Waals surface area (Å²) in [5.74, 6) is -0.151. The fourth-order valence-corrected chi connectivity index (χ4v) is 4.83. The average molecular weight is 434 g/mol. The lowest BCUT2D eigenvalue weighted by Gasteiger charge is -2.21. The fourth-order valence-electron chi connectivity index (χ4n) is 3.37. The second-order valence-corrected chi connectivity index (χ2v) is 9.19. The lowest BCUT2D eigenvalue weighted by molar-refractivity contribution is -0.120. The van der Waals surface area contributed by atoms with Gasteiger partial charge in [0.15, 0.2) is 5.65 Å². The average Bonchev–Trinajstić information content (AvgIpc) is 3.13. The van der Waals surface area contributed by atoms with Crippen LogP contribution in [0, 0.1) is 12.8 Å². The Morgan fingerprint density at radius 3 is 2.69 bits per heavy atom. The highest BCUT2D eigenvalue weighted by Gasteiger charge is 2.25. The molecule has 1 aliphatic heterocycles. The molecule has 1 amide bonds. The number of carbonyl (C=O) groups is 1. The number of carbonyl (C=O) groups excluding carboxylic acids is 1. The number of hydrogen-bond donors (Lipinski definition) is 2. The van der Waals surface area contributed by atoms with Crippen LogP contribution in [0.2, 0.25) is 5.28 Å². The number of fused-ring (bicyclic) bond motifs is 1. The summed E-state index contributed by atoms with van der Waals surface area (Å²) in [4.78, 5) is 20.9. The minimum Gasteiger partial charge on any atom is -0.316 e. The molecule has 3 heterocycles. The van der Waals surface area contributed by atoms with E-state index in [1.54, 1.807) is 18.2 Å². The van der Waals surface area contributed by atoms with Crippen molar-refractivity contribution in [1.29, 1.82) is 0 Å². The quantitative estimate of drug-likeness (QED) is 0.612. The van der Waals surface area contributed by atoms with Gasteiger partial charge in [-0.25, -0.2) is 12.4 Å². The van der Waals surface area contributed by atoms with Gasteiger partial charge in [0, 0.05) is 12.7 Å². The van der Waals surface area contributed by atoms with Crippen molar-refractivity contribution in [3.8, 4) is 0 Å². The molecule has 1 fully saturated rings. The molecule has 0 spiro atoms. The molecule has 0 bridgehead atoms. The predicted octanol–water partition coefficient (Wildman–Crippen LogP) is 2.57. The Labute approximate surface area is 173 Å². The number of nitrogens with zero attached hydrogens (tertiary/aromatic N) is 3. The van der Waals surface area contributed by atoms with Gasteiger partial charge in [0.1, 0.15) is 5.82 Å². The van der Waals surface area contributed by atoms with Crippen molar-refractivity contribution >= 4 is 44.4 Å². The van der Waals surface area contributed by atoms with Gasteiger partial charge in [-0.15, -0.1) is 0 Å². The van der Waals surface area contributed by atoms with Gasteiger partial charge in [-0.2, -0.15) is 9.97 Å². The topological polar surface area (TPSA) is 106 Å². The maximum Gasteiger partial charge on any atom is 0.269 e. The SMILES string of the molecule is Cc1ccc(S(=O)(=O)n2ccc3c(NC(=O)C4CCCNC4)nc(Cl)nc32)cc1. The fraction of sp³-hybridized carbons (Fsp3) is 0.316. The summed E-state index contributed by atoms with van der Waals surface area (Å²) in [7, 11) is -3.88. The Morgan fingerprint density at radius 2 is 2.00 bits per heavy atom. The summed E-state index contributed by atoms with van der Waals surface area (Å²) in [6.45, 7) is 3.37. The summed E-state index contributed by atoms with van der Waals surface area (Å²) in [5.41, 5.74) is 1.07. The molecule has 0 saturated carbocycles. The second kappa shape index (κ2) is 7.74. The molecule has 8 nitrogen and oxygen atoms in total. The van der Waals surface area contributed by atoms with Crippen LogP contribution in [0.1, 0.15) is 18.4 Å². The Balaban J connectivity index is 1.73. The van der Waals surface area contributed by atoms with E-state index in [9.17, 15) is 13.2 Å². The van der Waals surface area contributed by atoms with Crippen LogP contribution in [-0.2, 0) is 14.8 Å². The van der Waals surface area contributed by atoms with Gasteiger partial charge in [-0.1, -0.05) is 17.7 Å². The Hall–Kier alpha value is -2.49. The molecule has 4 rings (SSSR count). The first-order chi connectivity index (χ1) is 13.9. The van der Waals surface area contributed by atoms with Gasteiger partial charge in [0.05, 0.1) is 16.2 Å². The van der Waals surface area contributed by atoms with E-state index in [1.165, 1.54) is 18.3 Å². The van der Waals surface area contributed by atoms with Gasteiger partial charge in [-0.3, -0.25) is 4.79 Å². The van der Waals surface area contributed by atoms with Gasteiger partial charge in [0.2, 0.25) is 11.2 Å². The molecule has 1 unspecified atom stereocenters. The molecule has 1 atom stereocenters. The van der Waals surface area contributed by atoms with Gasteiger partial charge < -0.3 is 10.6 Å². The molecule has 2 aromatic heterocycles. The molecule has 1 saturated heterocycles. The number of rotatable bonds is 4. The summed E-state index contributed by atoms with van der Waals surface area (Å²) in [6, 6.07) is 8.09. The number of amides is 1. The first-order valence-electron chi connectivity index (χ1n) is 9.25. The lowest BCUT2D eigenvalue weighted by Crippen LogP contribution is -2.37. The third kappa shape index (κ3) is 3.85. The zero-order chi connectivity index (χ0) is 20.6. The highest BCUT2D eigenvalue weighted by molar-refractivity contribution is 7.90. The monoisotopic (exact) mass is 433 g/mol. The first-order valence-corrected chi connectivity index (χ1v) is 11.1. The Kier molecular flexibility index (Phi) is 5.28. The molecule has 152 valence electrons. The number of aromatic nitrogens is 3. The summed E-state index contributed by atoms with van der Waals surface area (Å²) < 4.78 is 27.2. The van der Waals surface area contributed by atoms with Crippen LogP contribution in [0.4, 0.5) is 5.82 Å². The van der Waals surface area contributed by atoms with E-state index >= 15 is 0 Å². The summed E-state index contributed by atoms with van der Waals surface area (Å²) >= 11 is 6.04. The number of halogens is 1. The van der Waals surface area contributed by atoms with Crippen molar-refractivity contribution < 1.29 is 13.2 Å². The van der Waals surface area contributed by atoms with Crippen molar-refractivity contribution in [3.05, 3.63) is 47.4 Å². The molecule has 0 radical (unpaired) electrons. The van der Waals surface area contributed by atoms with Crippen molar-refractivity contribution in [2.75, 3.05) is 18.4 Å². The molecule has 0 aliphatic carbocycles. The van der Waals surface area contributed by atoms with Crippen LogP contribution in [-0.4, -0.2) is 41.4 Å². The largest absolute Gasteiger partial charge is 0.316 e. The highest BCUT2D eigenvalue weighted by Crippen LogP contribution is 2.27. The smallest absolute Gasteiger partial charge is 0.269 e. The molecule has 1 aromatic carbocycles. The second-order valence-electron chi connectivity index (χ2n) is 7.04. The van der Waals surface area contributed by atoms with Crippen molar-refractivity contribution in [2.24, 2.45) is 5.92 Å². The normalized spacial score (nSPS) is 17.4. The van der Waals surface area contributed by atoms with Crippen LogP contribution < -0.4 is 10.6 Å². The van der Waals surface area contributed by atoms with E-state index in [4.69, 9.17) is 11.6 Å². The van der Waals surface area contributed by atoms with E-state index in [0.717, 1.165) is 28.9 Å². The molecular formula is C19H20ClN5O3S. The number of benzene rings is 1. The summed E-state index contributed by atoms with van der Waals surface area (Å²) in [5, 5.41) is 6.24. The Bertz CT molecular complexity index is 1170. The number of anilines is 1. The maximum atomic E-state index is 13.1. The Morgan fingerprint density at radius 1 is 1.24 bits per heavy atom. The molecular weight excluding hydrogens is 414 g/mol. The van der Waals surface area contributed by atoms with E-state index in [-0.39, 0.29) is 33.5 Å². The van der Waals surface area contributed by atoms with Crippen molar-refractivity contribution in [3.63, 3.8) is 0 Å². The number of nitrogens with one attached hydrogen (secondary N) is 2. The van der Waals surface area contributed by atoms with Crippen LogP contribution in [0.3, 0.4) is 0 Å². The predicted molar refractivity (Wildman–Crippen MR) is 111 cm³/mol. The molecule has 10 heteroatoms. The van der Waals surface area contributed by atoms with Crippen LogP contribution >= 0.6 is 11.6 Å². The molecule has 2 N–H and O–H groups in total.